The summed E-state index contributed by atoms with van der Waals surface area (Å²) in [7, 11) is 1.80. The van der Waals surface area contributed by atoms with Crippen LogP contribution in [0.1, 0.15) is 24.0 Å². The van der Waals surface area contributed by atoms with Crippen molar-refractivity contribution < 1.29 is 9.18 Å². The number of amides is 1. The van der Waals surface area contributed by atoms with Crippen LogP contribution in [0.2, 0.25) is 0 Å². The molecule has 1 saturated heterocycles. The van der Waals surface area contributed by atoms with Gasteiger partial charge in [0.1, 0.15) is 5.82 Å². The molecular weight excluding hydrogens is 315 g/mol. The van der Waals surface area contributed by atoms with Crippen molar-refractivity contribution in [3.05, 3.63) is 71.6 Å². The molecule has 1 aliphatic rings. The van der Waals surface area contributed by atoms with Gasteiger partial charge in [-0.2, -0.15) is 0 Å². The summed E-state index contributed by atoms with van der Waals surface area (Å²) in [5.41, 5.74) is 3.19. The molecule has 1 fully saturated rings. The Labute approximate surface area is 148 Å². The van der Waals surface area contributed by atoms with Crippen LogP contribution >= 0.6 is 0 Å². The molecule has 25 heavy (non-hydrogen) atoms. The zero-order valence-electron chi connectivity index (χ0n) is 14.5. The van der Waals surface area contributed by atoms with Gasteiger partial charge in [-0.25, -0.2) is 4.39 Å². The van der Waals surface area contributed by atoms with Crippen molar-refractivity contribution in [3.63, 3.8) is 0 Å². The molecule has 0 aromatic heterocycles. The summed E-state index contributed by atoms with van der Waals surface area (Å²) in [6.45, 7) is 2.73. The SMILES string of the molecule is CN(Cc1ccccc1N1CCCC1)C(=O)/C=C/c1ccc(F)cc1. The minimum absolute atomic E-state index is 0.0689. The molecule has 0 unspecified atom stereocenters. The van der Waals surface area contributed by atoms with Crippen molar-refractivity contribution >= 4 is 17.7 Å². The van der Waals surface area contributed by atoms with Crippen molar-refractivity contribution in [2.75, 3.05) is 25.0 Å². The number of nitrogens with zero attached hydrogens (tertiary/aromatic N) is 2. The number of hydrogen-bond donors (Lipinski definition) is 0. The molecule has 0 saturated carbocycles. The standard InChI is InChI=1S/C21H23FN2O/c1-23(21(25)13-10-17-8-11-19(22)12-9-17)16-18-6-2-3-7-20(18)24-14-4-5-15-24/h2-3,6-13H,4-5,14-16H2,1H3/b13-10+. The molecule has 0 atom stereocenters. The Morgan fingerprint density at radius 2 is 1.80 bits per heavy atom. The van der Waals surface area contributed by atoms with Gasteiger partial charge >= 0.3 is 0 Å². The Morgan fingerprint density at radius 1 is 1.12 bits per heavy atom. The number of carbonyl (C=O) groups excluding carboxylic acids is 1. The van der Waals surface area contributed by atoms with Crippen LogP contribution in [0, 0.1) is 5.82 Å². The Kier molecular flexibility index (Phi) is 5.49. The monoisotopic (exact) mass is 338 g/mol. The number of likely N-dealkylation sites (N-methyl/N-ethyl adjacent to an activating group) is 1. The molecule has 0 spiro atoms. The topological polar surface area (TPSA) is 23.6 Å². The lowest BCUT2D eigenvalue weighted by atomic mass is 10.1. The fourth-order valence-corrected chi connectivity index (χ4v) is 3.11. The average molecular weight is 338 g/mol. The summed E-state index contributed by atoms with van der Waals surface area (Å²) in [6.07, 6.45) is 5.70. The van der Waals surface area contributed by atoms with Crippen LogP contribution in [0.25, 0.3) is 6.08 Å². The van der Waals surface area contributed by atoms with E-state index in [0.29, 0.717) is 6.54 Å². The summed E-state index contributed by atoms with van der Waals surface area (Å²) < 4.78 is 12.9. The molecule has 3 nitrogen and oxygen atoms in total. The van der Waals surface area contributed by atoms with Gasteiger partial charge in [-0.3, -0.25) is 4.79 Å². The molecule has 1 amide bonds. The van der Waals surface area contributed by atoms with Gasteiger partial charge in [0.15, 0.2) is 0 Å². The van der Waals surface area contributed by atoms with Crippen molar-refractivity contribution in [2.24, 2.45) is 0 Å². The summed E-state index contributed by atoms with van der Waals surface area (Å²) >= 11 is 0. The van der Waals surface area contributed by atoms with Crippen LogP contribution in [0.4, 0.5) is 10.1 Å². The van der Waals surface area contributed by atoms with Gasteiger partial charge in [0.05, 0.1) is 0 Å². The number of rotatable bonds is 5. The lowest BCUT2D eigenvalue weighted by Gasteiger charge is -2.24. The van der Waals surface area contributed by atoms with Crippen molar-refractivity contribution in [2.45, 2.75) is 19.4 Å². The smallest absolute Gasteiger partial charge is 0.246 e. The number of halogens is 1. The normalized spacial score (nSPS) is 14.2. The van der Waals surface area contributed by atoms with E-state index in [0.717, 1.165) is 24.2 Å². The first-order valence-electron chi connectivity index (χ1n) is 8.65. The lowest BCUT2D eigenvalue weighted by Crippen LogP contribution is -2.26. The first-order chi connectivity index (χ1) is 12.1. The Morgan fingerprint density at radius 3 is 2.52 bits per heavy atom. The lowest BCUT2D eigenvalue weighted by molar-refractivity contribution is -0.125. The van der Waals surface area contributed by atoms with E-state index < -0.39 is 0 Å². The Balaban J connectivity index is 1.66. The molecule has 4 heteroatoms. The molecule has 0 N–H and O–H groups in total. The second kappa shape index (κ2) is 7.97. The third-order valence-electron chi connectivity index (χ3n) is 4.51. The van der Waals surface area contributed by atoms with Crippen molar-refractivity contribution in [1.82, 2.24) is 4.90 Å². The molecule has 3 rings (SSSR count). The highest BCUT2D eigenvalue weighted by Gasteiger charge is 2.16. The number of benzene rings is 2. The first-order valence-corrected chi connectivity index (χ1v) is 8.65. The molecular formula is C21H23FN2O. The van der Waals surface area contributed by atoms with E-state index >= 15 is 0 Å². The van der Waals surface area contributed by atoms with Crippen LogP contribution in [0.3, 0.4) is 0 Å². The van der Waals surface area contributed by atoms with Gasteiger partial charge < -0.3 is 9.80 Å². The third kappa shape index (κ3) is 4.47. The van der Waals surface area contributed by atoms with E-state index in [4.69, 9.17) is 0 Å². The summed E-state index contributed by atoms with van der Waals surface area (Å²) in [6, 6.07) is 14.4. The predicted octanol–water partition coefficient (Wildman–Crippen LogP) is 4.10. The number of anilines is 1. The summed E-state index contributed by atoms with van der Waals surface area (Å²) in [5.74, 6) is -0.348. The highest BCUT2D eigenvalue weighted by atomic mass is 19.1. The van der Waals surface area contributed by atoms with Gasteiger partial charge in [0, 0.05) is 38.4 Å². The van der Waals surface area contributed by atoms with E-state index in [2.05, 4.69) is 17.0 Å². The Hall–Kier alpha value is -2.62. The maximum Gasteiger partial charge on any atom is 0.246 e. The van der Waals surface area contributed by atoms with E-state index in [1.165, 1.54) is 36.7 Å². The minimum atomic E-state index is -0.279. The molecule has 2 aromatic rings. The van der Waals surface area contributed by atoms with E-state index in [9.17, 15) is 9.18 Å². The van der Waals surface area contributed by atoms with E-state index in [-0.39, 0.29) is 11.7 Å². The van der Waals surface area contributed by atoms with Crippen LogP contribution in [0.15, 0.2) is 54.6 Å². The maximum atomic E-state index is 12.9. The average Bonchev–Trinajstić information content (AvgIpc) is 3.16. The molecule has 0 aliphatic carbocycles. The second-order valence-corrected chi connectivity index (χ2v) is 6.40. The van der Waals surface area contributed by atoms with Crippen molar-refractivity contribution in [3.8, 4) is 0 Å². The summed E-state index contributed by atoms with van der Waals surface area (Å²) in [4.78, 5) is 16.5. The van der Waals surface area contributed by atoms with Crippen LogP contribution in [-0.2, 0) is 11.3 Å². The summed E-state index contributed by atoms with van der Waals surface area (Å²) in [5, 5.41) is 0. The van der Waals surface area contributed by atoms with Gasteiger partial charge in [-0.1, -0.05) is 30.3 Å². The molecule has 1 heterocycles. The molecule has 1 aliphatic heterocycles. The quantitative estimate of drug-likeness (QED) is 0.767. The van der Waals surface area contributed by atoms with E-state index in [1.807, 2.05) is 12.1 Å². The van der Waals surface area contributed by atoms with Crippen LogP contribution in [-0.4, -0.2) is 30.9 Å². The van der Waals surface area contributed by atoms with Crippen molar-refractivity contribution in [1.29, 1.82) is 0 Å². The molecule has 0 radical (unpaired) electrons. The van der Waals surface area contributed by atoms with Gasteiger partial charge in [-0.15, -0.1) is 0 Å². The fourth-order valence-electron chi connectivity index (χ4n) is 3.11. The predicted molar refractivity (Wildman–Crippen MR) is 99.8 cm³/mol. The molecule has 130 valence electrons. The maximum absolute atomic E-state index is 12.9. The zero-order chi connectivity index (χ0) is 17.6. The number of para-hydroxylation sites is 1. The molecule has 2 aromatic carbocycles. The second-order valence-electron chi connectivity index (χ2n) is 6.40. The van der Waals surface area contributed by atoms with Gasteiger partial charge in [0.25, 0.3) is 0 Å². The van der Waals surface area contributed by atoms with Crippen LogP contribution < -0.4 is 4.90 Å². The highest BCUT2D eigenvalue weighted by molar-refractivity contribution is 5.91. The fraction of sp³-hybridized carbons (Fsp3) is 0.286. The zero-order valence-corrected chi connectivity index (χ0v) is 14.5. The molecule has 0 bridgehead atoms. The van der Waals surface area contributed by atoms with Gasteiger partial charge in [0.2, 0.25) is 5.91 Å². The van der Waals surface area contributed by atoms with Gasteiger partial charge in [-0.05, 0) is 48.2 Å². The number of hydrogen-bond acceptors (Lipinski definition) is 2. The Bertz CT molecular complexity index is 749. The first kappa shape index (κ1) is 17.2. The third-order valence-corrected chi connectivity index (χ3v) is 4.51. The van der Waals surface area contributed by atoms with Crippen LogP contribution in [0.5, 0.6) is 0 Å². The highest BCUT2D eigenvalue weighted by Crippen LogP contribution is 2.25. The van der Waals surface area contributed by atoms with E-state index in [1.54, 1.807) is 30.2 Å². The largest absolute Gasteiger partial charge is 0.371 e. The number of carbonyl (C=O) groups is 1. The minimum Gasteiger partial charge on any atom is -0.371 e.